The first kappa shape index (κ1) is 10.3. The van der Waals surface area contributed by atoms with Gasteiger partial charge < -0.3 is 4.74 Å². The van der Waals surface area contributed by atoms with Gasteiger partial charge in [-0.05, 0) is 24.1 Å². The second-order valence-corrected chi connectivity index (χ2v) is 4.54. The van der Waals surface area contributed by atoms with Crippen LogP contribution in [0.2, 0.25) is 0 Å². The number of fused-ring (bicyclic) bond motifs is 1. The molecule has 2 nitrogen and oxygen atoms in total. The number of rotatable bonds is 1. The molecule has 0 radical (unpaired) electrons. The van der Waals surface area contributed by atoms with Crippen LogP contribution in [0.25, 0.3) is 0 Å². The lowest BCUT2D eigenvalue weighted by Crippen LogP contribution is -2.28. The van der Waals surface area contributed by atoms with Gasteiger partial charge >= 0.3 is 0 Å². The first-order valence-corrected chi connectivity index (χ1v) is 5.94. The first-order chi connectivity index (χ1) is 8.34. The fourth-order valence-electron chi connectivity index (χ4n) is 2.50. The molecule has 17 heavy (non-hydrogen) atoms. The summed E-state index contributed by atoms with van der Waals surface area (Å²) in [5.41, 5.74) is 1.26. The van der Waals surface area contributed by atoms with Crippen LogP contribution in [0.5, 0.6) is 0 Å². The van der Waals surface area contributed by atoms with E-state index in [-0.39, 0.29) is 11.7 Å². The zero-order chi connectivity index (χ0) is 11.7. The Morgan fingerprint density at radius 1 is 1.18 bits per heavy atom. The van der Waals surface area contributed by atoms with Crippen LogP contribution in [0.4, 0.5) is 0 Å². The summed E-state index contributed by atoms with van der Waals surface area (Å²) in [7, 11) is 0. The van der Waals surface area contributed by atoms with Gasteiger partial charge in [-0.2, -0.15) is 0 Å². The van der Waals surface area contributed by atoms with Crippen molar-refractivity contribution in [3.63, 3.8) is 0 Å². The number of carbonyl (C=O) groups excluding carboxylic acids is 1. The van der Waals surface area contributed by atoms with Gasteiger partial charge in [-0.25, -0.2) is 0 Å². The average Bonchev–Trinajstić information content (AvgIpc) is 2.40. The van der Waals surface area contributed by atoms with Crippen molar-refractivity contribution in [3.05, 3.63) is 59.9 Å². The van der Waals surface area contributed by atoms with Gasteiger partial charge in [-0.1, -0.05) is 36.4 Å². The van der Waals surface area contributed by atoms with E-state index in [2.05, 4.69) is 12.1 Å². The van der Waals surface area contributed by atoms with Crippen molar-refractivity contribution in [1.29, 1.82) is 0 Å². The second kappa shape index (κ2) is 4.21. The van der Waals surface area contributed by atoms with Crippen LogP contribution in [-0.4, -0.2) is 12.4 Å². The van der Waals surface area contributed by atoms with Crippen LogP contribution >= 0.6 is 0 Å². The Morgan fingerprint density at radius 2 is 2.00 bits per heavy atom. The SMILES string of the molecule is O=C1C=CC=C2OCC(c3ccccc3)CC12. The van der Waals surface area contributed by atoms with Gasteiger partial charge in [-0.3, -0.25) is 4.79 Å². The van der Waals surface area contributed by atoms with E-state index >= 15 is 0 Å². The molecule has 1 saturated heterocycles. The van der Waals surface area contributed by atoms with Gasteiger partial charge in [-0.15, -0.1) is 0 Å². The van der Waals surface area contributed by atoms with E-state index in [1.54, 1.807) is 12.2 Å². The highest BCUT2D eigenvalue weighted by atomic mass is 16.5. The summed E-state index contributed by atoms with van der Waals surface area (Å²) in [6.45, 7) is 0.674. The van der Waals surface area contributed by atoms with Crippen molar-refractivity contribution < 1.29 is 9.53 Å². The Balaban J connectivity index is 1.83. The van der Waals surface area contributed by atoms with E-state index in [0.717, 1.165) is 12.2 Å². The Hall–Kier alpha value is -1.83. The summed E-state index contributed by atoms with van der Waals surface area (Å²) in [6, 6.07) is 10.3. The molecule has 0 amide bonds. The minimum Gasteiger partial charge on any atom is -0.497 e. The number of carbonyl (C=O) groups is 1. The van der Waals surface area contributed by atoms with Gasteiger partial charge in [0.25, 0.3) is 0 Å². The van der Waals surface area contributed by atoms with Crippen LogP contribution in [0.15, 0.2) is 54.3 Å². The molecule has 2 heteroatoms. The highest BCUT2D eigenvalue weighted by Gasteiger charge is 2.33. The van der Waals surface area contributed by atoms with Crippen LogP contribution in [0.1, 0.15) is 17.9 Å². The minimum atomic E-state index is -0.0704. The summed E-state index contributed by atoms with van der Waals surface area (Å²) < 4.78 is 5.71. The molecular formula is C15H14O2. The van der Waals surface area contributed by atoms with Crippen molar-refractivity contribution in [2.75, 3.05) is 6.61 Å². The van der Waals surface area contributed by atoms with Gasteiger partial charge in [0.05, 0.1) is 12.5 Å². The number of hydrogen-bond acceptors (Lipinski definition) is 2. The van der Waals surface area contributed by atoms with Gasteiger partial charge in [0.1, 0.15) is 5.76 Å². The number of hydrogen-bond donors (Lipinski definition) is 0. The Bertz CT molecular complexity index is 485. The summed E-state index contributed by atoms with van der Waals surface area (Å²) in [4.78, 5) is 11.8. The lowest BCUT2D eigenvalue weighted by Gasteiger charge is -2.32. The van der Waals surface area contributed by atoms with Crippen molar-refractivity contribution in [3.8, 4) is 0 Å². The molecule has 2 aliphatic rings. The Kier molecular flexibility index (Phi) is 2.56. The molecule has 3 rings (SSSR count). The van der Waals surface area contributed by atoms with Crippen LogP contribution in [-0.2, 0) is 9.53 Å². The van der Waals surface area contributed by atoms with Crippen molar-refractivity contribution in [2.45, 2.75) is 12.3 Å². The predicted octanol–water partition coefficient (Wildman–Crippen LogP) is 2.83. The average molecular weight is 226 g/mol. The molecular weight excluding hydrogens is 212 g/mol. The third-order valence-corrected chi connectivity index (χ3v) is 3.45. The molecule has 1 fully saturated rings. The monoisotopic (exact) mass is 226 g/mol. The lowest BCUT2D eigenvalue weighted by atomic mass is 9.82. The minimum absolute atomic E-state index is 0.0704. The fraction of sp³-hybridized carbons (Fsp3) is 0.267. The van der Waals surface area contributed by atoms with Crippen molar-refractivity contribution >= 4 is 5.78 Å². The Morgan fingerprint density at radius 3 is 2.82 bits per heavy atom. The molecule has 0 bridgehead atoms. The molecule has 1 aliphatic heterocycles. The van der Waals surface area contributed by atoms with Gasteiger partial charge in [0, 0.05) is 5.92 Å². The number of ketones is 1. The van der Waals surface area contributed by atoms with Crippen LogP contribution in [0, 0.1) is 5.92 Å². The maximum Gasteiger partial charge on any atom is 0.166 e. The number of allylic oxidation sites excluding steroid dienone is 4. The quantitative estimate of drug-likeness (QED) is 0.736. The number of ether oxygens (including phenoxy) is 1. The summed E-state index contributed by atoms with van der Waals surface area (Å²) in [5, 5.41) is 0. The third-order valence-electron chi connectivity index (χ3n) is 3.45. The Labute approximate surface area is 101 Å². The molecule has 1 aromatic rings. The highest BCUT2D eigenvalue weighted by molar-refractivity contribution is 5.95. The zero-order valence-electron chi connectivity index (χ0n) is 9.50. The smallest absolute Gasteiger partial charge is 0.166 e. The molecule has 0 saturated carbocycles. The lowest BCUT2D eigenvalue weighted by molar-refractivity contribution is -0.119. The van der Waals surface area contributed by atoms with Crippen LogP contribution in [0.3, 0.4) is 0 Å². The summed E-state index contributed by atoms with van der Waals surface area (Å²) >= 11 is 0. The molecule has 0 spiro atoms. The van der Waals surface area contributed by atoms with Crippen LogP contribution < -0.4 is 0 Å². The topological polar surface area (TPSA) is 26.3 Å². The van der Waals surface area contributed by atoms with E-state index in [0.29, 0.717) is 12.5 Å². The largest absolute Gasteiger partial charge is 0.497 e. The number of benzene rings is 1. The molecule has 2 atom stereocenters. The highest BCUT2D eigenvalue weighted by Crippen LogP contribution is 2.36. The molecule has 0 N–H and O–H groups in total. The van der Waals surface area contributed by atoms with E-state index in [1.807, 2.05) is 24.3 Å². The predicted molar refractivity (Wildman–Crippen MR) is 65.5 cm³/mol. The molecule has 86 valence electrons. The molecule has 1 heterocycles. The van der Waals surface area contributed by atoms with Crippen molar-refractivity contribution in [2.24, 2.45) is 5.92 Å². The maximum absolute atomic E-state index is 11.8. The zero-order valence-corrected chi connectivity index (χ0v) is 9.50. The van der Waals surface area contributed by atoms with Gasteiger partial charge in [0.15, 0.2) is 5.78 Å². The fourth-order valence-corrected chi connectivity index (χ4v) is 2.50. The standard InChI is InChI=1S/C15H14O2/c16-14-7-4-8-15-13(14)9-12(10-17-15)11-5-2-1-3-6-11/h1-8,12-13H,9-10H2. The molecule has 2 unspecified atom stereocenters. The summed E-state index contributed by atoms with van der Waals surface area (Å²) in [5.74, 6) is 1.26. The van der Waals surface area contributed by atoms with E-state index in [4.69, 9.17) is 4.74 Å². The van der Waals surface area contributed by atoms with Gasteiger partial charge in [0.2, 0.25) is 0 Å². The van der Waals surface area contributed by atoms with E-state index in [9.17, 15) is 4.79 Å². The molecule has 1 aromatic carbocycles. The normalized spacial score (nSPS) is 27.1. The van der Waals surface area contributed by atoms with E-state index in [1.165, 1.54) is 5.56 Å². The summed E-state index contributed by atoms with van der Waals surface area (Å²) in [6.07, 6.45) is 6.19. The molecule has 1 aliphatic carbocycles. The van der Waals surface area contributed by atoms with Crippen molar-refractivity contribution in [1.82, 2.24) is 0 Å². The first-order valence-electron chi connectivity index (χ1n) is 5.94. The molecule has 0 aromatic heterocycles. The third kappa shape index (κ3) is 1.91. The maximum atomic E-state index is 11.8. The second-order valence-electron chi connectivity index (χ2n) is 4.54. The van der Waals surface area contributed by atoms with E-state index < -0.39 is 0 Å².